The second kappa shape index (κ2) is 11.6. The van der Waals surface area contributed by atoms with Crippen LogP contribution in [0.2, 0.25) is 0 Å². The summed E-state index contributed by atoms with van der Waals surface area (Å²) in [5.74, 6) is -2.47. The van der Waals surface area contributed by atoms with Gasteiger partial charge in [-0.2, -0.15) is 0 Å². The lowest BCUT2D eigenvalue weighted by molar-refractivity contribution is -0.728. The number of carbonyl (C=O) groups excluding carboxylic acids is 2. The Labute approximate surface area is 239 Å². The lowest BCUT2D eigenvalue weighted by Gasteiger charge is -2.38. The Balaban J connectivity index is 1.39. The number of hydrogen-bond acceptors (Lipinski definition) is 8. The molecule has 2 aromatic carbocycles. The van der Waals surface area contributed by atoms with Crippen LogP contribution in [0.1, 0.15) is 26.3 Å². The van der Waals surface area contributed by atoms with Gasteiger partial charge in [-0.1, -0.05) is 19.9 Å². The first-order chi connectivity index (χ1) is 20.1. The van der Waals surface area contributed by atoms with E-state index in [0.29, 0.717) is 24.0 Å². The molecule has 0 aliphatic carbocycles. The summed E-state index contributed by atoms with van der Waals surface area (Å²) in [6.45, 7) is 5.19. The average Bonchev–Trinajstić information content (AvgIpc) is 3.73. The Morgan fingerprint density at radius 3 is 2.52 bits per heavy atom. The highest BCUT2D eigenvalue weighted by Gasteiger charge is 2.47. The molecule has 1 N–H and O–H groups in total. The summed E-state index contributed by atoms with van der Waals surface area (Å²) in [5, 5.41) is 27.4. The maximum absolute atomic E-state index is 15.2. The number of nitrogens with zero attached hydrogens (tertiary/aromatic N) is 9. The monoisotopic (exact) mass is 582 g/mol. The number of esters is 1. The number of aromatic nitrogens is 7. The van der Waals surface area contributed by atoms with Crippen LogP contribution in [0.4, 0.5) is 19.3 Å². The molecule has 13 nitrogen and oxygen atoms in total. The molecule has 220 valence electrons. The van der Waals surface area contributed by atoms with Gasteiger partial charge in [0, 0.05) is 35.5 Å². The molecule has 0 saturated carbocycles. The Morgan fingerprint density at radius 2 is 1.86 bits per heavy atom. The Hall–Kier alpha value is -4.79. The molecule has 1 fully saturated rings. The summed E-state index contributed by atoms with van der Waals surface area (Å²) in [6, 6.07) is 8.58. The van der Waals surface area contributed by atoms with E-state index in [2.05, 4.69) is 20.6 Å². The fraction of sp³-hybridized carbons (Fsp3) is 0.370. The van der Waals surface area contributed by atoms with Gasteiger partial charge < -0.3 is 14.7 Å². The van der Waals surface area contributed by atoms with Crippen molar-refractivity contribution < 1.29 is 32.8 Å². The van der Waals surface area contributed by atoms with Gasteiger partial charge in [-0.3, -0.25) is 9.69 Å². The number of halogens is 2. The number of hydrogen-bond donors (Lipinski definition) is 1. The second-order valence-corrected chi connectivity index (χ2v) is 10.3. The third-order valence-electron chi connectivity index (χ3n) is 7.23. The standard InChI is InChI=1S/C27H30F2N9O4/c1-18(2)25(39)42-17-34-15-31-35(16-34)13-27(41,23-9-4-20(28)12-24(23)29)19(3)36-10-11-37(26(36)40)21-5-7-22(8-6-21)38-14-30-32-33-38/h4-9,12,14-16,18-19,41H,10-11,13,17H2,1-3H3/q+1/t19-,27-/m1/s1. The van der Waals surface area contributed by atoms with Gasteiger partial charge in [0.2, 0.25) is 13.1 Å². The zero-order valence-electron chi connectivity index (χ0n) is 23.2. The van der Waals surface area contributed by atoms with Gasteiger partial charge in [0.1, 0.15) is 30.1 Å². The van der Waals surface area contributed by atoms with Crippen LogP contribution in [0, 0.1) is 17.6 Å². The summed E-state index contributed by atoms with van der Waals surface area (Å²) in [4.78, 5) is 28.4. The maximum atomic E-state index is 15.2. The van der Waals surface area contributed by atoms with Crippen molar-refractivity contribution in [2.24, 2.45) is 5.92 Å². The highest BCUT2D eigenvalue weighted by molar-refractivity contribution is 5.94. The first-order valence-corrected chi connectivity index (χ1v) is 13.2. The number of benzene rings is 2. The van der Waals surface area contributed by atoms with E-state index >= 15 is 4.39 Å². The molecule has 1 saturated heterocycles. The van der Waals surface area contributed by atoms with E-state index in [4.69, 9.17) is 4.74 Å². The first-order valence-electron chi connectivity index (χ1n) is 13.2. The molecular weight excluding hydrogens is 552 g/mol. The van der Waals surface area contributed by atoms with Gasteiger partial charge in [-0.15, -0.1) is 9.78 Å². The second-order valence-electron chi connectivity index (χ2n) is 10.3. The van der Waals surface area contributed by atoms with Crippen molar-refractivity contribution in [3.05, 3.63) is 78.6 Å². The Kier molecular flexibility index (Phi) is 7.93. The van der Waals surface area contributed by atoms with Crippen LogP contribution in [0.15, 0.2) is 61.4 Å². The largest absolute Gasteiger partial charge is 0.431 e. The lowest BCUT2D eigenvalue weighted by Crippen LogP contribution is -2.53. The summed E-state index contributed by atoms with van der Waals surface area (Å²) < 4.78 is 38.5. The first kappa shape index (κ1) is 28.7. The molecule has 4 aromatic rings. The maximum Gasteiger partial charge on any atom is 0.324 e. The summed E-state index contributed by atoms with van der Waals surface area (Å²) in [6.07, 6.45) is 4.33. The SMILES string of the molecule is CC(C)C(=O)OC[n+]1cnn(C[C@](O)(c2ccc(F)cc2F)[C@@H](C)N2CCN(c3ccc(-n4cnnn4)cc3)C2=O)c1. The number of urea groups is 1. The lowest BCUT2D eigenvalue weighted by atomic mass is 9.85. The molecule has 0 spiro atoms. The fourth-order valence-corrected chi connectivity index (χ4v) is 4.82. The molecule has 1 aliphatic rings. The molecule has 2 amide bonds. The van der Waals surface area contributed by atoms with Crippen molar-refractivity contribution in [3.8, 4) is 5.69 Å². The molecule has 0 bridgehead atoms. The van der Waals surface area contributed by atoms with Gasteiger partial charge in [-0.25, -0.2) is 22.8 Å². The molecule has 42 heavy (non-hydrogen) atoms. The smallest absolute Gasteiger partial charge is 0.324 e. The predicted molar refractivity (Wildman–Crippen MR) is 142 cm³/mol. The number of tetrazole rings is 1. The zero-order valence-corrected chi connectivity index (χ0v) is 23.2. The van der Waals surface area contributed by atoms with E-state index in [1.54, 1.807) is 49.9 Å². The molecule has 2 atom stereocenters. The summed E-state index contributed by atoms with van der Waals surface area (Å²) >= 11 is 0. The minimum Gasteiger partial charge on any atom is -0.431 e. The third kappa shape index (κ3) is 5.68. The van der Waals surface area contributed by atoms with Crippen molar-refractivity contribution in [2.75, 3.05) is 18.0 Å². The number of anilines is 1. The number of aliphatic hydroxyl groups is 1. The Morgan fingerprint density at radius 1 is 1.12 bits per heavy atom. The number of rotatable bonds is 10. The van der Waals surface area contributed by atoms with Crippen molar-refractivity contribution in [1.29, 1.82) is 0 Å². The van der Waals surface area contributed by atoms with Crippen LogP contribution in [-0.2, 0) is 28.4 Å². The minimum absolute atomic E-state index is 0.109. The van der Waals surface area contributed by atoms with Gasteiger partial charge in [-0.05, 0) is 47.7 Å². The van der Waals surface area contributed by atoms with Crippen LogP contribution < -0.4 is 9.47 Å². The van der Waals surface area contributed by atoms with Crippen molar-refractivity contribution >= 4 is 17.7 Å². The molecule has 0 unspecified atom stereocenters. The van der Waals surface area contributed by atoms with Gasteiger partial charge in [0.15, 0.2) is 0 Å². The van der Waals surface area contributed by atoms with E-state index in [1.807, 2.05) is 0 Å². The molecular formula is C27H30F2N9O4+. The van der Waals surface area contributed by atoms with Crippen LogP contribution in [0.5, 0.6) is 0 Å². The quantitative estimate of drug-likeness (QED) is 0.221. The van der Waals surface area contributed by atoms with Gasteiger partial charge >= 0.3 is 12.0 Å². The highest BCUT2D eigenvalue weighted by Crippen LogP contribution is 2.35. The van der Waals surface area contributed by atoms with Gasteiger partial charge in [0.05, 0.1) is 17.6 Å². The highest BCUT2D eigenvalue weighted by atomic mass is 19.1. The van der Waals surface area contributed by atoms with E-state index < -0.39 is 35.3 Å². The molecule has 15 heteroatoms. The van der Waals surface area contributed by atoms with Crippen LogP contribution >= 0.6 is 0 Å². The van der Waals surface area contributed by atoms with Gasteiger partial charge in [0.25, 0.3) is 6.33 Å². The third-order valence-corrected chi connectivity index (χ3v) is 7.23. The van der Waals surface area contributed by atoms with E-state index in [9.17, 15) is 19.1 Å². The van der Waals surface area contributed by atoms with E-state index in [1.165, 1.54) is 43.9 Å². The van der Waals surface area contributed by atoms with Crippen molar-refractivity contribution in [1.82, 2.24) is 34.9 Å². The van der Waals surface area contributed by atoms with Crippen LogP contribution in [0.25, 0.3) is 5.69 Å². The molecule has 2 aromatic heterocycles. The Bertz CT molecular complexity index is 1560. The predicted octanol–water partition coefficient (Wildman–Crippen LogP) is 1.80. The normalized spacial score (nSPS) is 15.7. The van der Waals surface area contributed by atoms with Crippen LogP contribution in [-0.4, -0.2) is 71.1 Å². The van der Waals surface area contributed by atoms with Crippen LogP contribution in [0.3, 0.4) is 0 Å². The number of amides is 2. The number of carbonyl (C=O) groups is 2. The summed E-state index contributed by atoms with van der Waals surface area (Å²) in [5.41, 5.74) is -0.891. The van der Waals surface area contributed by atoms with Crippen molar-refractivity contribution in [3.63, 3.8) is 0 Å². The fourth-order valence-electron chi connectivity index (χ4n) is 4.82. The minimum atomic E-state index is -2.02. The summed E-state index contributed by atoms with van der Waals surface area (Å²) in [7, 11) is 0. The average molecular weight is 583 g/mol. The van der Waals surface area contributed by atoms with E-state index in [0.717, 1.165) is 6.07 Å². The molecule has 5 rings (SSSR count). The molecule has 1 aliphatic heterocycles. The topological polar surface area (TPSA) is 135 Å². The van der Waals surface area contributed by atoms with E-state index in [-0.39, 0.29) is 31.3 Å². The zero-order chi connectivity index (χ0) is 30.0. The number of ether oxygens (including phenoxy) is 1. The molecule has 3 heterocycles. The molecule has 0 radical (unpaired) electrons. The van der Waals surface area contributed by atoms with Crippen molar-refractivity contribution in [2.45, 2.75) is 45.7 Å².